The third kappa shape index (κ3) is 13.9. The van der Waals surface area contributed by atoms with E-state index < -0.39 is 191 Å². The number of aliphatic carboxylic acids is 1. The lowest BCUT2D eigenvalue weighted by atomic mass is 9.75. The van der Waals surface area contributed by atoms with Crippen molar-refractivity contribution in [1.29, 1.82) is 0 Å². The van der Waals surface area contributed by atoms with E-state index in [0.29, 0.717) is 12.3 Å². The number of sulfone groups is 2. The Kier molecular flexibility index (Phi) is 17.4. The van der Waals surface area contributed by atoms with Crippen molar-refractivity contribution in [3.8, 4) is 16.9 Å². The number of carbonyl (C=O) groups excluding carboxylic acids is 2. The molecule has 2 aliphatic rings. The third-order valence-electron chi connectivity index (χ3n) is 15.4. The summed E-state index contributed by atoms with van der Waals surface area (Å²) in [5, 5.41) is 13.7. The number of alkyl halides is 8. The lowest BCUT2D eigenvalue weighted by Gasteiger charge is -2.30. The quantitative estimate of drug-likeness (QED) is 0.0398. The molecule has 1 fully saturated rings. The van der Waals surface area contributed by atoms with E-state index in [9.17, 15) is 77.0 Å². The van der Waals surface area contributed by atoms with E-state index in [1.165, 1.54) is 52.8 Å². The van der Waals surface area contributed by atoms with Gasteiger partial charge in [0.05, 0.1) is 33.1 Å². The number of rotatable bonds is 23. The summed E-state index contributed by atoms with van der Waals surface area (Å²) >= 11 is 6.83. The van der Waals surface area contributed by atoms with Crippen LogP contribution in [0.2, 0.25) is 5.02 Å². The lowest BCUT2D eigenvalue weighted by Crippen LogP contribution is -2.31. The summed E-state index contributed by atoms with van der Waals surface area (Å²) in [5.41, 5.74) is -8.15. The molecule has 2 aliphatic carbocycles. The van der Waals surface area contributed by atoms with Gasteiger partial charge in [0.2, 0.25) is 0 Å². The highest BCUT2D eigenvalue weighted by Gasteiger charge is 2.68. The van der Waals surface area contributed by atoms with Crippen LogP contribution in [-0.4, -0.2) is 97.2 Å². The normalized spacial score (nSPS) is 17.1. The molecule has 466 valence electrons. The van der Waals surface area contributed by atoms with Crippen molar-refractivity contribution in [2.75, 3.05) is 12.5 Å². The number of fused-ring (bicyclic) bond motifs is 4. The van der Waals surface area contributed by atoms with Crippen molar-refractivity contribution in [3.05, 3.63) is 128 Å². The monoisotopic (exact) mass is 1300 g/mol. The van der Waals surface area contributed by atoms with Crippen LogP contribution in [0.5, 0.6) is 5.75 Å². The van der Waals surface area contributed by atoms with Crippen LogP contribution in [-0.2, 0) is 88.5 Å². The molecule has 8 rings (SSSR count). The van der Waals surface area contributed by atoms with E-state index >= 15 is 17.6 Å². The maximum Gasteiger partial charge on any atom is 0.524 e. The molecule has 3 N–H and O–H groups in total. The Balaban J connectivity index is 1.34. The molecule has 2 unspecified atom stereocenters. The number of carboxylic acids is 1. The van der Waals surface area contributed by atoms with E-state index in [-0.39, 0.29) is 73.4 Å². The topological polar surface area (TPSA) is 255 Å². The van der Waals surface area contributed by atoms with Crippen molar-refractivity contribution in [1.82, 2.24) is 24.5 Å². The van der Waals surface area contributed by atoms with Crippen molar-refractivity contribution in [2.24, 2.45) is 5.92 Å². The second kappa shape index (κ2) is 22.7. The van der Waals surface area contributed by atoms with Crippen LogP contribution >= 0.6 is 19.4 Å². The maximum atomic E-state index is 15.8. The van der Waals surface area contributed by atoms with E-state index in [1.54, 1.807) is 0 Å². The average molecular weight is 1300 g/mol. The molecule has 0 amide bonds. The fourth-order valence-corrected chi connectivity index (χ4v) is 13.7. The number of aromatic nitrogens is 5. The van der Waals surface area contributed by atoms with Gasteiger partial charge in [0, 0.05) is 82.0 Å². The number of carboxylic acid groups (broad SMARTS) is 1. The maximum absolute atomic E-state index is 15.8. The molecule has 6 aromatic rings. The highest BCUT2D eigenvalue weighted by atomic mass is 35.5. The van der Waals surface area contributed by atoms with Crippen LogP contribution in [0.25, 0.3) is 22.0 Å². The largest absolute Gasteiger partial charge is 0.524 e. The minimum atomic E-state index is -5.43. The molecule has 3 heterocycles. The Labute approximate surface area is 490 Å². The van der Waals surface area contributed by atoms with Crippen LogP contribution in [0, 0.1) is 24.5 Å². The molecular weight excluding hydrogens is 1240 g/mol. The molecule has 1 saturated carbocycles. The van der Waals surface area contributed by atoms with Gasteiger partial charge in [-0.2, -0.15) is 45.3 Å². The predicted molar refractivity (Wildman–Crippen MR) is 291 cm³/mol. The zero-order valence-electron chi connectivity index (χ0n) is 46.5. The second-order valence-corrected chi connectivity index (χ2v) is 29.5. The molecule has 86 heavy (non-hydrogen) atoms. The number of phosphoric acid groups is 1. The summed E-state index contributed by atoms with van der Waals surface area (Å²) in [4.78, 5) is 66.0. The molecule has 3 aromatic heterocycles. The number of halogens is 11. The number of phosphoric ester groups is 1. The van der Waals surface area contributed by atoms with Gasteiger partial charge in [-0.25, -0.2) is 30.2 Å². The number of ketones is 2. The molecular formula is C55H55ClF10N5O12PS2. The molecule has 0 saturated heterocycles. The smallest absolute Gasteiger partial charge is 0.481 e. The number of pyridine rings is 1. The fourth-order valence-electron chi connectivity index (χ4n) is 11.5. The molecule has 3 aromatic carbocycles. The molecule has 4 atom stereocenters. The van der Waals surface area contributed by atoms with E-state index in [2.05, 4.69) is 10.2 Å². The Hall–Kier alpha value is -6.26. The molecule has 0 radical (unpaired) electrons. The molecule has 0 bridgehead atoms. The number of nitrogens with zero attached hydrogens (tertiary/aromatic N) is 5. The average Bonchev–Trinajstić information content (AvgIpc) is 1.52. The Bertz CT molecular complexity index is 4030. The number of hydrogen-bond donors (Lipinski definition) is 3. The first kappa shape index (κ1) is 65.7. The van der Waals surface area contributed by atoms with Crippen molar-refractivity contribution in [2.45, 2.75) is 138 Å². The first-order valence-electron chi connectivity index (χ1n) is 26.1. The van der Waals surface area contributed by atoms with Crippen LogP contribution in [0.15, 0.2) is 54.6 Å². The second-order valence-electron chi connectivity index (χ2n) is 23.2. The first-order valence-corrected chi connectivity index (χ1v) is 31.8. The van der Waals surface area contributed by atoms with Gasteiger partial charge < -0.3 is 9.63 Å². The highest BCUT2D eigenvalue weighted by Crippen LogP contribution is 2.68. The Morgan fingerprint density at radius 2 is 1.51 bits per heavy atom. The van der Waals surface area contributed by atoms with Crippen molar-refractivity contribution >= 4 is 67.5 Å². The molecule has 0 spiro atoms. The summed E-state index contributed by atoms with van der Waals surface area (Å²) in [6.07, 6.45) is -12.9. The summed E-state index contributed by atoms with van der Waals surface area (Å²) in [5.74, 6) is -14.9. The van der Waals surface area contributed by atoms with Gasteiger partial charge in [0.25, 0.3) is 5.92 Å². The lowest BCUT2D eigenvalue weighted by molar-refractivity contribution is -0.143. The number of carbonyl (C=O) groups is 3. The van der Waals surface area contributed by atoms with Gasteiger partial charge in [0.15, 0.2) is 42.2 Å². The summed E-state index contributed by atoms with van der Waals surface area (Å²) in [7, 11) is -14.1. The zero-order chi connectivity index (χ0) is 64.1. The van der Waals surface area contributed by atoms with Crippen LogP contribution < -0.4 is 4.52 Å². The van der Waals surface area contributed by atoms with Gasteiger partial charge in [0.1, 0.15) is 36.2 Å². The third-order valence-corrected chi connectivity index (χ3v) is 19.7. The predicted octanol–water partition coefficient (Wildman–Crippen LogP) is 11.2. The summed E-state index contributed by atoms with van der Waals surface area (Å²) in [6.45, 7) is 3.51. The Morgan fingerprint density at radius 3 is 2.08 bits per heavy atom. The van der Waals surface area contributed by atoms with E-state index in [1.807, 2.05) is 0 Å². The van der Waals surface area contributed by atoms with Crippen molar-refractivity contribution in [3.63, 3.8) is 0 Å². The van der Waals surface area contributed by atoms with Gasteiger partial charge >= 0.3 is 26.1 Å². The Morgan fingerprint density at radius 1 is 0.884 bits per heavy atom. The van der Waals surface area contributed by atoms with Gasteiger partial charge in [-0.3, -0.25) is 38.5 Å². The molecule has 31 heteroatoms. The van der Waals surface area contributed by atoms with E-state index in [4.69, 9.17) is 21.1 Å². The SMILES string of the molecule is Cc1cc(CC(=O)O)c(C(C)(C)CC(=O)C(c2nn(CC(F)(F)F)c3c(-c4ccc(CCC(C)(C)S(C)(=O)=O)nc4[C@@H](CC(=O)Cn4nc(C(F)(F)F)c5c4C(F)(F)C4C[C@H]54)Cc4cc(F)cc(F)c4)ccc(Cl)c23)S(C)(=O)=O)c(OP(=O)(O)O)c1. The van der Waals surface area contributed by atoms with Gasteiger partial charge in [-0.05, 0) is 99.4 Å². The number of hydrogen-bond acceptors (Lipinski definition) is 12. The summed E-state index contributed by atoms with van der Waals surface area (Å²) in [6, 6.07) is 9.37. The minimum absolute atomic E-state index is 0.0383. The van der Waals surface area contributed by atoms with E-state index in [0.717, 1.165) is 36.6 Å². The molecule has 17 nitrogen and oxygen atoms in total. The molecule has 0 aliphatic heterocycles. The van der Waals surface area contributed by atoms with Crippen LogP contribution in [0.1, 0.15) is 127 Å². The first-order chi connectivity index (χ1) is 39.3. The standard InChI is InChI=1S/C55H55ClF10N5O12PS2/c1-26-14-28(20-41(74)75)44(40(15-26)83-84(76,77)78)51(2,3)23-39(73)48(85(6,79)80)46-43-38(56)11-10-35(47(43)71(68-46)25-53(59,60)61)34-9-8-32(12-13-52(4,5)86(7,81)82)67-45(34)29(16-27-17-30(57)21-31(58)18-27)19-33(72)24-70-50-42(49(69-70)55(64,65)66)36-22-37(36)54(50,62)63/h8-11,14-15,17-18,21,29,36-37,48H,12-13,16,19-20,22-25H2,1-7H3,(H,74,75)(H2,76,77,78)/t29-,36+,37?,48?/m1/s1. The minimum Gasteiger partial charge on any atom is -0.481 e. The van der Waals surface area contributed by atoms with Crippen LogP contribution in [0.4, 0.5) is 43.9 Å². The van der Waals surface area contributed by atoms with Gasteiger partial charge in [-0.15, -0.1) is 0 Å². The number of benzene rings is 3. The number of aryl methyl sites for hydroxylation is 2. The fraction of sp³-hybridized carbons (Fsp3) is 0.455. The zero-order valence-corrected chi connectivity index (χ0v) is 49.8. The number of Topliss-reactive ketones (excluding diaryl/α,β-unsaturated/α-hetero) is 2. The van der Waals surface area contributed by atoms with Gasteiger partial charge in [-0.1, -0.05) is 43.6 Å². The summed E-state index contributed by atoms with van der Waals surface area (Å²) < 4.78 is 220. The van der Waals surface area contributed by atoms with Crippen molar-refractivity contribution < 1.29 is 99.1 Å². The van der Waals surface area contributed by atoms with Crippen LogP contribution in [0.3, 0.4) is 0 Å². The highest BCUT2D eigenvalue weighted by molar-refractivity contribution is 7.92.